The second-order valence-corrected chi connectivity index (χ2v) is 8.22. The number of carbonyl (C=O) groups excluding carboxylic acids is 1. The van der Waals surface area contributed by atoms with Crippen LogP contribution < -0.4 is 5.32 Å². The first kappa shape index (κ1) is 17.7. The molecule has 2 heterocycles. The van der Waals surface area contributed by atoms with Crippen molar-refractivity contribution in [2.45, 2.75) is 71.8 Å². The van der Waals surface area contributed by atoms with Crippen molar-refractivity contribution in [2.24, 2.45) is 5.41 Å². The van der Waals surface area contributed by atoms with E-state index in [1.807, 2.05) is 13.8 Å². The summed E-state index contributed by atoms with van der Waals surface area (Å²) in [5.74, 6) is -0.316. The molecule has 0 aromatic carbocycles. The minimum atomic E-state index is -0.483. The summed E-state index contributed by atoms with van der Waals surface area (Å²) in [6.07, 6.45) is 2.98. The summed E-state index contributed by atoms with van der Waals surface area (Å²) in [4.78, 5) is 14.7. The molecule has 0 aliphatic carbocycles. The average molecular weight is 312 g/mol. The molecule has 0 bridgehead atoms. The topological polar surface area (TPSA) is 50.8 Å². The number of amides is 1. The van der Waals surface area contributed by atoms with Gasteiger partial charge in [0.05, 0.1) is 18.8 Å². The molecule has 2 rings (SSSR count). The number of rotatable bonds is 5. The van der Waals surface area contributed by atoms with Crippen LogP contribution in [0.3, 0.4) is 0 Å². The van der Waals surface area contributed by atoms with Crippen molar-refractivity contribution in [1.29, 1.82) is 0 Å². The molecule has 1 unspecified atom stereocenters. The van der Waals surface area contributed by atoms with E-state index in [0.29, 0.717) is 13.2 Å². The van der Waals surface area contributed by atoms with Crippen molar-refractivity contribution in [3.8, 4) is 0 Å². The number of likely N-dealkylation sites (tertiary alicyclic amines) is 1. The molecule has 1 N–H and O–H groups in total. The SMILES string of the molecule is CC(C)(C)CN1CCCC1C(=O)NCC[C@H]1COC(C)(C)O1. The van der Waals surface area contributed by atoms with E-state index in [4.69, 9.17) is 9.47 Å². The Bertz CT molecular complexity index is 390. The molecule has 1 amide bonds. The van der Waals surface area contributed by atoms with Crippen molar-refractivity contribution >= 4 is 5.91 Å². The minimum absolute atomic E-state index is 0.0383. The first-order valence-electron chi connectivity index (χ1n) is 8.50. The Morgan fingerprint density at radius 1 is 1.36 bits per heavy atom. The van der Waals surface area contributed by atoms with Crippen molar-refractivity contribution in [1.82, 2.24) is 10.2 Å². The minimum Gasteiger partial charge on any atom is -0.355 e. The summed E-state index contributed by atoms with van der Waals surface area (Å²) in [6.45, 7) is 13.8. The Labute approximate surface area is 134 Å². The van der Waals surface area contributed by atoms with E-state index in [0.717, 1.165) is 32.4 Å². The van der Waals surface area contributed by atoms with Crippen molar-refractivity contribution < 1.29 is 14.3 Å². The predicted octanol–water partition coefficient (Wildman–Crippen LogP) is 2.15. The quantitative estimate of drug-likeness (QED) is 0.845. The Morgan fingerprint density at radius 2 is 2.09 bits per heavy atom. The lowest BCUT2D eigenvalue weighted by Crippen LogP contribution is -2.46. The fourth-order valence-electron chi connectivity index (χ4n) is 3.30. The summed E-state index contributed by atoms with van der Waals surface area (Å²) >= 11 is 0. The summed E-state index contributed by atoms with van der Waals surface area (Å²) in [6, 6.07) is 0.0383. The molecular formula is C17H32N2O3. The molecule has 0 radical (unpaired) electrons. The van der Waals surface area contributed by atoms with Crippen LogP contribution in [0.15, 0.2) is 0 Å². The lowest BCUT2D eigenvalue weighted by molar-refractivity contribution is -0.139. The molecular weight excluding hydrogens is 280 g/mol. The number of hydrogen-bond acceptors (Lipinski definition) is 4. The molecule has 2 aliphatic rings. The second-order valence-electron chi connectivity index (χ2n) is 8.22. The van der Waals surface area contributed by atoms with Crippen LogP contribution in [0.25, 0.3) is 0 Å². The average Bonchev–Trinajstić information content (AvgIpc) is 2.94. The number of nitrogens with one attached hydrogen (secondary N) is 1. The molecule has 0 saturated carbocycles. The Kier molecular flexibility index (Phi) is 5.51. The zero-order chi connectivity index (χ0) is 16.4. The Hall–Kier alpha value is -0.650. The van der Waals surface area contributed by atoms with Gasteiger partial charge in [-0.3, -0.25) is 9.69 Å². The third kappa shape index (κ3) is 5.21. The first-order chi connectivity index (χ1) is 10.2. The van der Waals surface area contributed by atoms with Gasteiger partial charge in [-0.25, -0.2) is 0 Å². The smallest absolute Gasteiger partial charge is 0.237 e. The van der Waals surface area contributed by atoms with Gasteiger partial charge in [0.15, 0.2) is 5.79 Å². The number of carbonyl (C=O) groups is 1. The van der Waals surface area contributed by atoms with E-state index in [9.17, 15) is 4.79 Å². The van der Waals surface area contributed by atoms with E-state index in [1.54, 1.807) is 0 Å². The van der Waals surface area contributed by atoms with Crippen LogP contribution in [-0.4, -0.2) is 55.0 Å². The fourth-order valence-corrected chi connectivity index (χ4v) is 3.30. The summed E-state index contributed by atoms with van der Waals surface area (Å²) in [5, 5.41) is 3.08. The van der Waals surface area contributed by atoms with Gasteiger partial charge in [-0.05, 0) is 45.1 Å². The zero-order valence-electron chi connectivity index (χ0n) is 14.8. The summed E-state index contributed by atoms with van der Waals surface area (Å²) in [5.41, 5.74) is 0.226. The van der Waals surface area contributed by atoms with E-state index < -0.39 is 5.79 Å². The highest BCUT2D eigenvalue weighted by molar-refractivity contribution is 5.82. The van der Waals surface area contributed by atoms with Crippen molar-refractivity contribution in [2.75, 3.05) is 26.2 Å². The molecule has 5 nitrogen and oxygen atoms in total. The first-order valence-corrected chi connectivity index (χ1v) is 8.50. The number of nitrogens with zero attached hydrogens (tertiary/aromatic N) is 1. The zero-order valence-corrected chi connectivity index (χ0v) is 14.8. The molecule has 2 atom stereocenters. The highest BCUT2D eigenvalue weighted by Gasteiger charge is 2.34. The monoisotopic (exact) mass is 312 g/mol. The van der Waals surface area contributed by atoms with E-state index >= 15 is 0 Å². The molecule has 0 aromatic heterocycles. The largest absolute Gasteiger partial charge is 0.355 e. The maximum atomic E-state index is 12.4. The fraction of sp³-hybridized carbons (Fsp3) is 0.941. The molecule has 2 saturated heterocycles. The summed E-state index contributed by atoms with van der Waals surface area (Å²) < 4.78 is 11.3. The maximum Gasteiger partial charge on any atom is 0.237 e. The third-order valence-corrected chi connectivity index (χ3v) is 4.18. The van der Waals surface area contributed by atoms with Gasteiger partial charge in [-0.2, -0.15) is 0 Å². The Morgan fingerprint density at radius 3 is 2.68 bits per heavy atom. The maximum absolute atomic E-state index is 12.4. The van der Waals surface area contributed by atoms with Gasteiger partial charge < -0.3 is 14.8 Å². The second kappa shape index (κ2) is 6.85. The highest BCUT2D eigenvalue weighted by Crippen LogP contribution is 2.25. The van der Waals surface area contributed by atoms with Crippen molar-refractivity contribution in [3.63, 3.8) is 0 Å². The molecule has 2 fully saturated rings. The van der Waals surface area contributed by atoms with Crippen LogP contribution in [0.2, 0.25) is 0 Å². The van der Waals surface area contributed by atoms with Gasteiger partial charge in [0.2, 0.25) is 5.91 Å². The molecule has 0 spiro atoms. The van der Waals surface area contributed by atoms with Crippen LogP contribution in [0.4, 0.5) is 0 Å². The lowest BCUT2D eigenvalue weighted by Gasteiger charge is -2.30. The number of hydrogen-bond donors (Lipinski definition) is 1. The molecule has 0 aromatic rings. The van der Waals surface area contributed by atoms with Gasteiger partial charge in [-0.15, -0.1) is 0 Å². The molecule has 22 heavy (non-hydrogen) atoms. The van der Waals surface area contributed by atoms with Crippen LogP contribution in [0.5, 0.6) is 0 Å². The Balaban J connectivity index is 1.72. The number of ether oxygens (including phenoxy) is 2. The van der Waals surface area contributed by atoms with Crippen LogP contribution in [-0.2, 0) is 14.3 Å². The molecule has 2 aliphatic heterocycles. The third-order valence-electron chi connectivity index (χ3n) is 4.18. The van der Waals surface area contributed by atoms with Gasteiger partial charge in [-0.1, -0.05) is 20.8 Å². The van der Waals surface area contributed by atoms with Crippen molar-refractivity contribution in [3.05, 3.63) is 0 Å². The van der Waals surface area contributed by atoms with Gasteiger partial charge in [0.1, 0.15) is 0 Å². The normalized spacial score (nSPS) is 29.0. The van der Waals surface area contributed by atoms with Crippen LogP contribution in [0, 0.1) is 5.41 Å². The van der Waals surface area contributed by atoms with Gasteiger partial charge in [0.25, 0.3) is 0 Å². The van der Waals surface area contributed by atoms with E-state index in [1.165, 1.54) is 0 Å². The van der Waals surface area contributed by atoms with Gasteiger partial charge in [0, 0.05) is 13.1 Å². The highest BCUT2D eigenvalue weighted by atomic mass is 16.7. The van der Waals surface area contributed by atoms with E-state index in [2.05, 4.69) is 31.0 Å². The van der Waals surface area contributed by atoms with Crippen LogP contribution >= 0.6 is 0 Å². The summed E-state index contributed by atoms with van der Waals surface area (Å²) in [7, 11) is 0. The lowest BCUT2D eigenvalue weighted by atomic mass is 9.95. The van der Waals surface area contributed by atoms with Gasteiger partial charge >= 0.3 is 0 Å². The standard InChI is InChI=1S/C17H32N2O3/c1-16(2,3)12-19-10-6-7-14(19)15(20)18-9-8-13-11-21-17(4,5)22-13/h13-14H,6-12H2,1-5H3,(H,18,20)/t13-,14?/m0/s1. The molecule has 128 valence electrons. The molecule has 5 heteroatoms. The predicted molar refractivity (Wildman–Crippen MR) is 86.6 cm³/mol. The van der Waals surface area contributed by atoms with E-state index in [-0.39, 0.29) is 23.5 Å². The van der Waals surface area contributed by atoms with Crippen LogP contribution in [0.1, 0.15) is 53.9 Å².